The van der Waals surface area contributed by atoms with Crippen LogP contribution in [0, 0.1) is 0 Å². The maximum atomic E-state index is 5.46. The number of nitrogen functional groups attached to an aromatic ring is 1. The predicted molar refractivity (Wildman–Crippen MR) is 82.9 cm³/mol. The zero-order chi connectivity index (χ0) is 14.7. The van der Waals surface area contributed by atoms with Gasteiger partial charge in [0.05, 0.1) is 7.11 Å². The number of piperazine rings is 1. The van der Waals surface area contributed by atoms with E-state index in [-0.39, 0.29) is 0 Å². The van der Waals surface area contributed by atoms with Crippen LogP contribution in [0.2, 0.25) is 0 Å². The number of thiazole rings is 1. The number of hydrogen-bond donors (Lipinski definition) is 2. The molecule has 1 aliphatic heterocycles. The molecule has 112 valence electrons. The van der Waals surface area contributed by atoms with Crippen molar-refractivity contribution in [3.63, 3.8) is 0 Å². The maximum Gasteiger partial charge on any atom is 0.205 e. The highest BCUT2D eigenvalue weighted by Crippen LogP contribution is 2.32. The van der Waals surface area contributed by atoms with Gasteiger partial charge in [-0.2, -0.15) is 0 Å². The van der Waals surface area contributed by atoms with Crippen LogP contribution < -0.4 is 25.8 Å². The second-order valence-corrected chi connectivity index (χ2v) is 5.39. The van der Waals surface area contributed by atoms with Crippen LogP contribution in [0.1, 0.15) is 0 Å². The largest absolute Gasteiger partial charge is 0.490 e. The number of rotatable bonds is 4. The van der Waals surface area contributed by atoms with Crippen molar-refractivity contribution in [2.24, 2.45) is 5.84 Å². The molecule has 9 heteroatoms. The van der Waals surface area contributed by atoms with Crippen LogP contribution in [-0.2, 0) is 0 Å². The molecule has 0 bridgehead atoms. The minimum atomic E-state index is 0.491. The summed E-state index contributed by atoms with van der Waals surface area (Å²) in [6.45, 7) is 3.48. The summed E-state index contributed by atoms with van der Waals surface area (Å²) >= 11 is 1.66. The lowest BCUT2D eigenvalue weighted by atomic mass is 10.3. The molecule has 1 aliphatic rings. The summed E-state index contributed by atoms with van der Waals surface area (Å²) in [5.74, 6) is 7.28. The van der Waals surface area contributed by atoms with Crippen LogP contribution in [0.15, 0.2) is 17.9 Å². The van der Waals surface area contributed by atoms with E-state index in [2.05, 4.69) is 30.2 Å². The third-order valence-electron chi connectivity index (χ3n) is 3.39. The van der Waals surface area contributed by atoms with Gasteiger partial charge < -0.3 is 20.0 Å². The molecule has 3 heterocycles. The molecule has 0 aromatic carbocycles. The molecular formula is C12H17N7OS. The Balaban J connectivity index is 1.75. The molecule has 1 fully saturated rings. The topological polar surface area (TPSA) is 92.4 Å². The SMILES string of the molecule is COc1c(NN)ncnc1N1CCN(c2nccs2)CC1. The minimum Gasteiger partial charge on any atom is -0.490 e. The molecule has 8 nitrogen and oxygen atoms in total. The number of aromatic nitrogens is 3. The summed E-state index contributed by atoms with van der Waals surface area (Å²) in [4.78, 5) is 17.2. The van der Waals surface area contributed by atoms with Crippen molar-refractivity contribution in [2.45, 2.75) is 0 Å². The maximum absolute atomic E-state index is 5.46. The van der Waals surface area contributed by atoms with E-state index < -0.39 is 0 Å². The molecular weight excluding hydrogens is 290 g/mol. The van der Waals surface area contributed by atoms with Crippen molar-refractivity contribution in [3.05, 3.63) is 17.9 Å². The molecule has 0 unspecified atom stereocenters. The number of anilines is 3. The lowest BCUT2D eigenvalue weighted by molar-refractivity contribution is 0.411. The Labute approximate surface area is 126 Å². The zero-order valence-corrected chi connectivity index (χ0v) is 12.5. The second-order valence-electron chi connectivity index (χ2n) is 4.51. The van der Waals surface area contributed by atoms with Crippen LogP contribution in [0.4, 0.5) is 16.8 Å². The normalized spacial score (nSPS) is 15.1. The van der Waals surface area contributed by atoms with Gasteiger partial charge in [0, 0.05) is 37.8 Å². The van der Waals surface area contributed by atoms with Crippen molar-refractivity contribution < 1.29 is 4.74 Å². The number of hydrogen-bond acceptors (Lipinski definition) is 9. The Morgan fingerprint density at radius 1 is 1.19 bits per heavy atom. The molecule has 0 atom stereocenters. The van der Waals surface area contributed by atoms with E-state index >= 15 is 0 Å². The van der Waals surface area contributed by atoms with Crippen molar-refractivity contribution in [1.82, 2.24) is 15.0 Å². The highest BCUT2D eigenvalue weighted by Gasteiger charge is 2.23. The van der Waals surface area contributed by atoms with Crippen LogP contribution in [0.25, 0.3) is 0 Å². The van der Waals surface area contributed by atoms with E-state index in [9.17, 15) is 0 Å². The lowest BCUT2D eigenvalue weighted by Gasteiger charge is -2.35. The third kappa shape index (κ3) is 2.69. The van der Waals surface area contributed by atoms with E-state index in [1.165, 1.54) is 6.33 Å². The fourth-order valence-electron chi connectivity index (χ4n) is 2.36. The number of methoxy groups -OCH3 is 1. The molecule has 0 saturated carbocycles. The quantitative estimate of drug-likeness (QED) is 0.625. The van der Waals surface area contributed by atoms with Gasteiger partial charge in [-0.05, 0) is 0 Å². The molecule has 21 heavy (non-hydrogen) atoms. The molecule has 3 N–H and O–H groups in total. The summed E-state index contributed by atoms with van der Waals surface area (Å²) < 4.78 is 5.39. The molecule has 0 radical (unpaired) electrons. The smallest absolute Gasteiger partial charge is 0.205 e. The first kappa shape index (κ1) is 13.8. The van der Waals surface area contributed by atoms with Gasteiger partial charge in [0.1, 0.15) is 6.33 Å². The third-order valence-corrected chi connectivity index (χ3v) is 4.23. The van der Waals surface area contributed by atoms with Gasteiger partial charge in [-0.15, -0.1) is 11.3 Å². The molecule has 2 aromatic rings. The predicted octanol–water partition coefficient (Wildman–Crippen LogP) is 0.554. The first-order valence-corrected chi connectivity index (χ1v) is 7.46. The average Bonchev–Trinajstić information content (AvgIpc) is 3.08. The summed E-state index contributed by atoms with van der Waals surface area (Å²) in [6, 6.07) is 0. The van der Waals surface area contributed by atoms with Gasteiger partial charge in [-0.1, -0.05) is 0 Å². The molecule has 2 aromatic heterocycles. The van der Waals surface area contributed by atoms with Crippen LogP contribution in [0.5, 0.6) is 5.75 Å². The zero-order valence-electron chi connectivity index (χ0n) is 11.7. The van der Waals surface area contributed by atoms with Gasteiger partial charge in [0.2, 0.25) is 5.75 Å². The summed E-state index contributed by atoms with van der Waals surface area (Å²) in [7, 11) is 1.59. The number of nitrogens with one attached hydrogen (secondary N) is 1. The first-order chi connectivity index (χ1) is 10.3. The lowest BCUT2D eigenvalue weighted by Crippen LogP contribution is -2.47. The fraction of sp³-hybridized carbons (Fsp3) is 0.417. The number of hydrazine groups is 1. The van der Waals surface area contributed by atoms with Gasteiger partial charge in [0.25, 0.3) is 0 Å². The van der Waals surface area contributed by atoms with E-state index in [1.807, 2.05) is 11.6 Å². The van der Waals surface area contributed by atoms with E-state index in [1.54, 1.807) is 18.4 Å². The van der Waals surface area contributed by atoms with Crippen molar-refractivity contribution >= 4 is 28.1 Å². The highest BCUT2D eigenvalue weighted by atomic mass is 32.1. The van der Waals surface area contributed by atoms with E-state index in [4.69, 9.17) is 10.6 Å². The monoisotopic (exact) mass is 307 g/mol. The fourth-order valence-corrected chi connectivity index (χ4v) is 3.06. The second kappa shape index (κ2) is 6.10. The van der Waals surface area contributed by atoms with Gasteiger partial charge in [0.15, 0.2) is 16.8 Å². The van der Waals surface area contributed by atoms with Crippen molar-refractivity contribution in [1.29, 1.82) is 0 Å². The standard InChI is InChI=1S/C12H17N7OS/c1-20-9-10(17-13)15-8-16-11(9)18-3-5-19(6-4-18)12-14-2-7-21-12/h2,7-8H,3-6,13H2,1H3,(H,15,16,17). The Morgan fingerprint density at radius 2 is 1.95 bits per heavy atom. The molecule has 0 aliphatic carbocycles. The van der Waals surface area contributed by atoms with Crippen LogP contribution in [0.3, 0.4) is 0 Å². The summed E-state index contributed by atoms with van der Waals surface area (Å²) in [5, 5.41) is 3.06. The number of ether oxygens (including phenoxy) is 1. The van der Waals surface area contributed by atoms with Gasteiger partial charge >= 0.3 is 0 Å². The van der Waals surface area contributed by atoms with Crippen LogP contribution in [-0.4, -0.2) is 48.2 Å². The van der Waals surface area contributed by atoms with E-state index in [0.717, 1.165) is 37.1 Å². The van der Waals surface area contributed by atoms with Gasteiger partial charge in [-0.3, -0.25) is 0 Å². The van der Waals surface area contributed by atoms with Gasteiger partial charge in [-0.25, -0.2) is 20.8 Å². The first-order valence-electron chi connectivity index (χ1n) is 6.58. The highest BCUT2D eigenvalue weighted by molar-refractivity contribution is 7.13. The Hall–Kier alpha value is -2.13. The molecule has 0 spiro atoms. The number of nitrogens with two attached hydrogens (primary N) is 1. The summed E-state index contributed by atoms with van der Waals surface area (Å²) in [5.41, 5.74) is 2.54. The Kier molecular flexibility index (Phi) is 4.02. The summed E-state index contributed by atoms with van der Waals surface area (Å²) in [6.07, 6.45) is 3.32. The molecule has 3 rings (SSSR count). The van der Waals surface area contributed by atoms with Crippen molar-refractivity contribution in [2.75, 3.05) is 48.5 Å². The van der Waals surface area contributed by atoms with Crippen LogP contribution >= 0.6 is 11.3 Å². The van der Waals surface area contributed by atoms with Crippen molar-refractivity contribution in [3.8, 4) is 5.75 Å². The molecule has 0 amide bonds. The average molecular weight is 307 g/mol. The van der Waals surface area contributed by atoms with E-state index in [0.29, 0.717) is 11.6 Å². The molecule has 1 saturated heterocycles. The number of nitrogens with zero attached hydrogens (tertiary/aromatic N) is 5. The minimum absolute atomic E-state index is 0.491. The Bertz CT molecular complexity index is 583. The Morgan fingerprint density at radius 3 is 2.57 bits per heavy atom.